The third-order valence-corrected chi connectivity index (χ3v) is 2.44. The van der Waals surface area contributed by atoms with Gasteiger partial charge in [0.2, 0.25) is 0 Å². The van der Waals surface area contributed by atoms with Crippen molar-refractivity contribution < 1.29 is 9.82 Å². The summed E-state index contributed by atoms with van der Waals surface area (Å²) in [7, 11) is 1.07. The maximum atomic E-state index is 10.5. The van der Waals surface area contributed by atoms with Gasteiger partial charge < -0.3 is 5.02 Å². The highest BCUT2D eigenvalue weighted by molar-refractivity contribution is 6.45. The van der Waals surface area contributed by atoms with Crippen molar-refractivity contribution in [1.82, 2.24) is 0 Å². The monoisotopic (exact) mass is 209 g/mol. The van der Waals surface area contributed by atoms with Crippen molar-refractivity contribution in [3.8, 4) is 11.1 Å². The Hall–Kier alpha value is -1.87. The minimum Gasteiger partial charge on any atom is -0.450 e. The lowest BCUT2D eigenvalue weighted by molar-refractivity contribution is 0.112. The van der Waals surface area contributed by atoms with E-state index >= 15 is 0 Å². The van der Waals surface area contributed by atoms with Gasteiger partial charge in [0.15, 0.2) is 0 Å². The van der Waals surface area contributed by atoms with E-state index in [1.165, 1.54) is 0 Å². The predicted octanol–water partition coefficient (Wildman–Crippen LogP) is 1.40. The van der Waals surface area contributed by atoms with E-state index in [0.717, 1.165) is 30.4 Å². The van der Waals surface area contributed by atoms with E-state index < -0.39 is 0 Å². The average molecular weight is 209 g/mol. The van der Waals surface area contributed by atoms with Gasteiger partial charge in [-0.3, -0.25) is 4.79 Å². The van der Waals surface area contributed by atoms with Gasteiger partial charge in [-0.1, -0.05) is 54.0 Å². The van der Waals surface area contributed by atoms with Crippen LogP contribution in [0.5, 0.6) is 0 Å². The highest BCUT2D eigenvalue weighted by Gasteiger charge is 1.98. The van der Waals surface area contributed by atoms with Crippen molar-refractivity contribution >= 4 is 19.2 Å². The zero-order valence-corrected chi connectivity index (χ0v) is 8.63. The summed E-state index contributed by atoms with van der Waals surface area (Å²) in [5.74, 6) is 0. The van der Waals surface area contributed by atoms with Crippen LogP contribution >= 0.6 is 0 Å². The molecule has 0 aromatic heterocycles. The van der Waals surface area contributed by atoms with Crippen LogP contribution in [0, 0.1) is 0 Å². The number of rotatable bonds is 3. The molecule has 0 fully saturated rings. The maximum absolute atomic E-state index is 10.5. The van der Waals surface area contributed by atoms with Crippen LogP contribution in [-0.2, 0) is 0 Å². The van der Waals surface area contributed by atoms with Gasteiger partial charge >= 0.3 is 7.48 Å². The number of aldehydes is 1. The van der Waals surface area contributed by atoms with E-state index in [1.807, 2.05) is 36.4 Å². The van der Waals surface area contributed by atoms with Crippen LogP contribution in [0.3, 0.4) is 0 Å². The van der Waals surface area contributed by atoms with E-state index in [0.29, 0.717) is 5.56 Å². The van der Waals surface area contributed by atoms with Gasteiger partial charge in [-0.15, -0.1) is 0 Å². The second-order valence-corrected chi connectivity index (χ2v) is 3.49. The fraction of sp³-hybridized carbons (Fsp3) is 0. The van der Waals surface area contributed by atoms with Crippen molar-refractivity contribution in [3.63, 3.8) is 0 Å². The van der Waals surface area contributed by atoms with Crippen molar-refractivity contribution in [1.29, 1.82) is 0 Å². The smallest absolute Gasteiger partial charge is 0.326 e. The molecule has 77 valence electrons. The molecule has 0 spiro atoms. The Morgan fingerprint density at radius 1 is 0.875 bits per heavy atom. The number of carbonyl (C=O) groups excluding carboxylic acids is 1. The van der Waals surface area contributed by atoms with Crippen LogP contribution < -0.4 is 5.46 Å². The van der Waals surface area contributed by atoms with Crippen LogP contribution in [0.15, 0.2) is 48.5 Å². The lowest BCUT2D eigenvalue weighted by Crippen LogP contribution is -2.11. The summed E-state index contributed by atoms with van der Waals surface area (Å²) in [5, 5.41) is 8.80. The summed E-state index contributed by atoms with van der Waals surface area (Å²) in [6.07, 6.45) is 0.827. The molecule has 0 atom stereocenters. The zero-order valence-electron chi connectivity index (χ0n) is 8.63. The molecule has 2 aromatic carbocycles. The molecular weight excluding hydrogens is 199 g/mol. The molecule has 0 saturated carbocycles. The molecule has 0 aliphatic rings. The van der Waals surface area contributed by atoms with Gasteiger partial charge in [0.05, 0.1) is 0 Å². The zero-order chi connectivity index (χ0) is 11.4. The SMILES string of the molecule is O=Cc1ccc(-c2ccc([B]O)cc2)cc1. The fourth-order valence-electron chi connectivity index (χ4n) is 1.52. The second-order valence-electron chi connectivity index (χ2n) is 3.49. The number of carbonyl (C=O) groups is 1. The molecule has 2 nitrogen and oxygen atoms in total. The number of hydrogen-bond acceptors (Lipinski definition) is 2. The van der Waals surface area contributed by atoms with E-state index in [-0.39, 0.29) is 0 Å². The normalized spacial score (nSPS) is 9.81. The first-order valence-electron chi connectivity index (χ1n) is 4.96. The van der Waals surface area contributed by atoms with Crippen molar-refractivity contribution in [2.75, 3.05) is 0 Å². The quantitative estimate of drug-likeness (QED) is 0.612. The molecule has 0 saturated heterocycles. The summed E-state index contributed by atoms with van der Waals surface area (Å²) in [6, 6.07) is 14.9. The standard InChI is InChI=1S/C13H10BO2/c15-9-10-1-3-11(4-2-10)12-5-7-13(14-16)8-6-12/h1-9,16H. The molecular formula is C13H10BO2. The summed E-state index contributed by atoms with van der Waals surface area (Å²) in [4.78, 5) is 10.5. The Labute approximate surface area is 94.8 Å². The predicted molar refractivity (Wildman–Crippen MR) is 64.9 cm³/mol. The Kier molecular flexibility index (Phi) is 3.17. The molecule has 2 rings (SSSR count). The van der Waals surface area contributed by atoms with Crippen molar-refractivity contribution in [3.05, 3.63) is 54.1 Å². The van der Waals surface area contributed by atoms with Gasteiger partial charge in [0.25, 0.3) is 0 Å². The van der Waals surface area contributed by atoms with Crippen LogP contribution in [-0.4, -0.2) is 18.8 Å². The Morgan fingerprint density at radius 3 is 1.81 bits per heavy atom. The molecule has 0 aliphatic carbocycles. The van der Waals surface area contributed by atoms with Crippen LogP contribution in [0.1, 0.15) is 10.4 Å². The van der Waals surface area contributed by atoms with E-state index in [9.17, 15) is 4.79 Å². The molecule has 0 unspecified atom stereocenters. The average Bonchev–Trinajstić information content (AvgIpc) is 2.39. The molecule has 0 amide bonds. The molecule has 16 heavy (non-hydrogen) atoms. The minimum absolute atomic E-state index is 0.670. The summed E-state index contributed by atoms with van der Waals surface area (Å²) in [6.45, 7) is 0. The fourth-order valence-corrected chi connectivity index (χ4v) is 1.52. The van der Waals surface area contributed by atoms with Crippen molar-refractivity contribution in [2.24, 2.45) is 0 Å². The van der Waals surface area contributed by atoms with E-state index in [1.54, 1.807) is 12.1 Å². The summed E-state index contributed by atoms with van der Waals surface area (Å²) >= 11 is 0. The first-order chi connectivity index (χ1) is 7.83. The molecule has 0 bridgehead atoms. The van der Waals surface area contributed by atoms with Gasteiger partial charge in [-0.2, -0.15) is 0 Å². The van der Waals surface area contributed by atoms with E-state index in [4.69, 9.17) is 5.02 Å². The van der Waals surface area contributed by atoms with Gasteiger partial charge in [0, 0.05) is 5.56 Å². The third kappa shape index (κ3) is 2.20. The first kappa shape index (κ1) is 10.6. The largest absolute Gasteiger partial charge is 0.450 e. The topological polar surface area (TPSA) is 37.3 Å². The molecule has 2 aromatic rings. The highest BCUT2D eigenvalue weighted by Crippen LogP contribution is 2.18. The Morgan fingerprint density at radius 2 is 1.38 bits per heavy atom. The molecule has 1 N–H and O–H groups in total. The van der Waals surface area contributed by atoms with E-state index in [2.05, 4.69) is 0 Å². The van der Waals surface area contributed by atoms with Gasteiger partial charge in [-0.05, 0) is 11.1 Å². The molecule has 0 heterocycles. The first-order valence-corrected chi connectivity index (χ1v) is 4.96. The Bertz CT molecular complexity index is 474. The van der Waals surface area contributed by atoms with Gasteiger partial charge in [0.1, 0.15) is 6.29 Å². The van der Waals surface area contributed by atoms with Crippen LogP contribution in [0.4, 0.5) is 0 Å². The van der Waals surface area contributed by atoms with Crippen molar-refractivity contribution in [2.45, 2.75) is 0 Å². The maximum Gasteiger partial charge on any atom is 0.326 e. The molecule has 3 heteroatoms. The lowest BCUT2D eigenvalue weighted by Gasteiger charge is -2.02. The highest BCUT2D eigenvalue weighted by atomic mass is 16.2. The second kappa shape index (κ2) is 4.77. The van der Waals surface area contributed by atoms with Gasteiger partial charge in [-0.25, -0.2) is 0 Å². The summed E-state index contributed by atoms with van der Waals surface area (Å²) in [5.41, 5.74) is 3.55. The summed E-state index contributed by atoms with van der Waals surface area (Å²) < 4.78 is 0. The number of hydrogen-bond donors (Lipinski definition) is 1. The Balaban J connectivity index is 2.31. The molecule has 1 radical (unpaired) electrons. The van der Waals surface area contributed by atoms with Crippen LogP contribution in [0.2, 0.25) is 0 Å². The molecule has 0 aliphatic heterocycles. The van der Waals surface area contributed by atoms with Crippen LogP contribution in [0.25, 0.3) is 11.1 Å². The third-order valence-electron chi connectivity index (χ3n) is 2.44. The lowest BCUT2D eigenvalue weighted by atomic mass is 9.87. The number of benzene rings is 2. The minimum atomic E-state index is 0.670.